The molecule has 2 N–H and O–H groups in total. The van der Waals surface area contributed by atoms with Crippen molar-refractivity contribution in [2.45, 2.75) is 17.4 Å². The Balaban J connectivity index is 2.97. The molecule has 1 atom stereocenters. The number of rotatable bonds is 7. The van der Waals surface area contributed by atoms with Crippen molar-refractivity contribution in [3.8, 4) is 0 Å². The SMILES string of the molecule is CSCC[C@H](NS(=O)(=O)c1ccc(Br)c(F)c1)C(=O)O. The molecule has 0 fully saturated rings. The number of nitrogens with one attached hydrogen (secondary N) is 1. The molecule has 0 amide bonds. The third-order valence-corrected chi connectivity index (χ3v) is 5.16. The van der Waals surface area contributed by atoms with Gasteiger partial charge in [-0.15, -0.1) is 0 Å². The number of aliphatic carboxylic acids is 1. The first-order valence-electron chi connectivity index (χ1n) is 5.47. The van der Waals surface area contributed by atoms with E-state index in [2.05, 4.69) is 20.7 Å². The lowest BCUT2D eigenvalue weighted by atomic mass is 10.2. The summed E-state index contributed by atoms with van der Waals surface area (Å²) in [4.78, 5) is 10.7. The summed E-state index contributed by atoms with van der Waals surface area (Å²) in [5.74, 6) is -1.50. The maximum absolute atomic E-state index is 13.3. The largest absolute Gasteiger partial charge is 0.480 e. The van der Waals surface area contributed by atoms with Crippen LogP contribution in [0.2, 0.25) is 0 Å². The molecule has 0 aromatic heterocycles. The molecule has 0 aliphatic rings. The highest BCUT2D eigenvalue weighted by Crippen LogP contribution is 2.19. The molecule has 1 aromatic carbocycles. The van der Waals surface area contributed by atoms with Gasteiger partial charge in [0.25, 0.3) is 0 Å². The summed E-state index contributed by atoms with van der Waals surface area (Å²) in [6.07, 6.45) is 1.94. The Morgan fingerprint density at radius 2 is 2.20 bits per heavy atom. The van der Waals surface area contributed by atoms with Gasteiger partial charge in [-0.1, -0.05) is 0 Å². The Bertz CT molecular complexity index is 594. The van der Waals surface area contributed by atoms with Crippen LogP contribution in [0.15, 0.2) is 27.6 Å². The van der Waals surface area contributed by atoms with Crippen LogP contribution in [0.4, 0.5) is 4.39 Å². The average molecular weight is 386 g/mol. The zero-order chi connectivity index (χ0) is 15.3. The van der Waals surface area contributed by atoms with Crippen LogP contribution in [0.3, 0.4) is 0 Å². The van der Waals surface area contributed by atoms with Gasteiger partial charge in [-0.05, 0) is 52.6 Å². The van der Waals surface area contributed by atoms with Crippen molar-refractivity contribution in [2.75, 3.05) is 12.0 Å². The van der Waals surface area contributed by atoms with E-state index in [0.717, 1.165) is 6.07 Å². The summed E-state index contributed by atoms with van der Waals surface area (Å²) >= 11 is 4.33. The van der Waals surface area contributed by atoms with Crippen molar-refractivity contribution in [3.63, 3.8) is 0 Å². The van der Waals surface area contributed by atoms with Crippen molar-refractivity contribution >= 4 is 43.7 Å². The van der Waals surface area contributed by atoms with E-state index < -0.39 is 27.9 Å². The third kappa shape index (κ3) is 4.72. The number of carboxylic acids is 1. The summed E-state index contributed by atoms with van der Waals surface area (Å²) in [5, 5.41) is 8.99. The van der Waals surface area contributed by atoms with E-state index in [1.807, 2.05) is 0 Å². The van der Waals surface area contributed by atoms with E-state index in [1.165, 1.54) is 23.9 Å². The highest BCUT2D eigenvalue weighted by molar-refractivity contribution is 9.10. The van der Waals surface area contributed by atoms with E-state index in [9.17, 15) is 17.6 Å². The van der Waals surface area contributed by atoms with Crippen LogP contribution >= 0.6 is 27.7 Å². The van der Waals surface area contributed by atoms with Gasteiger partial charge in [0, 0.05) is 0 Å². The number of benzene rings is 1. The molecule has 0 bridgehead atoms. The molecule has 9 heteroatoms. The standard InChI is InChI=1S/C11H13BrFNO4S2/c1-19-5-4-10(11(15)16)14-20(17,18)7-2-3-8(12)9(13)6-7/h2-3,6,10,14H,4-5H2,1H3,(H,15,16)/t10-/m0/s1. The number of sulfonamides is 1. The first-order chi connectivity index (χ1) is 9.27. The molecule has 112 valence electrons. The smallest absolute Gasteiger partial charge is 0.321 e. The summed E-state index contributed by atoms with van der Waals surface area (Å²) in [7, 11) is -4.08. The van der Waals surface area contributed by atoms with Crippen LogP contribution in [-0.2, 0) is 14.8 Å². The predicted octanol–water partition coefficient (Wildman–Crippen LogP) is 2.07. The number of hydrogen-bond donors (Lipinski definition) is 2. The monoisotopic (exact) mass is 385 g/mol. The number of halogens is 2. The summed E-state index contributed by atoms with van der Waals surface area (Å²) in [6.45, 7) is 0. The Morgan fingerprint density at radius 1 is 1.55 bits per heavy atom. The Morgan fingerprint density at radius 3 is 2.70 bits per heavy atom. The van der Waals surface area contributed by atoms with Crippen LogP contribution in [0.25, 0.3) is 0 Å². The normalized spacial score (nSPS) is 13.2. The van der Waals surface area contributed by atoms with E-state index in [4.69, 9.17) is 5.11 Å². The maximum atomic E-state index is 13.3. The maximum Gasteiger partial charge on any atom is 0.321 e. The van der Waals surface area contributed by atoms with Crippen molar-refractivity contribution in [1.82, 2.24) is 4.72 Å². The second-order valence-electron chi connectivity index (χ2n) is 3.87. The zero-order valence-electron chi connectivity index (χ0n) is 10.5. The molecule has 0 radical (unpaired) electrons. The topological polar surface area (TPSA) is 83.5 Å². The van der Waals surface area contributed by atoms with Crippen molar-refractivity contribution in [3.05, 3.63) is 28.5 Å². The lowest BCUT2D eigenvalue weighted by Crippen LogP contribution is -2.41. The van der Waals surface area contributed by atoms with Crippen LogP contribution in [0.5, 0.6) is 0 Å². The summed E-state index contributed by atoms with van der Waals surface area (Å²) in [5.41, 5.74) is 0. The number of thioether (sulfide) groups is 1. The molecule has 0 aliphatic carbocycles. The van der Waals surface area contributed by atoms with Crippen molar-refractivity contribution in [1.29, 1.82) is 0 Å². The molecule has 0 heterocycles. The summed E-state index contributed by atoms with van der Waals surface area (Å²) in [6, 6.07) is 2.05. The van der Waals surface area contributed by atoms with Gasteiger partial charge >= 0.3 is 5.97 Å². The van der Waals surface area contributed by atoms with Crippen molar-refractivity contribution < 1.29 is 22.7 Å². The van der Waals surface area contributed by atoms with E-state index in [-0.39, 0.29) is 15.8 Å². The summed E-state index contributed by atoms with van der Waals surface area (Å²) < 4.78 is 39.6. The minimum Gasteiger partial charge on any atom is -0.480 e. The van der Waals surface area contributed by atoms with Crippen LogP contribution in [-0.4, -0.2) is 37.5 Å². The zero-order valence-corrected chi connectivity index (χ0v) is 13.7. The molecule has 0 spiro atoms. The van der Waals surface area contributed by atoms with E-state index in [0.29, 0.717) is 5.75 Å². The van der Waals surface area contributed by atoms with Crippen molar-refractivity contribution in [2.24, 2.45) is 0 Å². The predicted molar refractivity (Wildman–Crippen MR) is 78.8 cm³/mol. The first-order valence-corrected chi connectivity index (χ1v) is 9.14. The fourth-order valence-electron chi connectivity index (χ4n) is 1.37. The van der Waals surface area contributed by atoms with Crippen LogP contribution in [0, 0.1) is 5.82 Å². The molecular formula is C11H13BrFNO4S2. The molecule has 0 saturated heterocycles. The molecule has 1 aromatic rings. The number of carbonyl (C=O) groups is 1. The molecule has 0 aliphatic heterocycles. The Hall–Kier alpha value is -0.640. The van der Waals surface area contributed by atoms with Crippen LogP contribution < -0.4 is 4.72 Å². The highest BCUT2D eigenvalue weighted by atomic mass is 79.9. The fourth-order valence-corrected chi connectivity index (χ4v) is 3.32. The van der Waals surface area contributed by atoms with Gasteiger partial charge < -0.3 is 5.11 Å². The Labute approximate surface area is 129 Å². The first kappa shape index (κ1) is 17.4. The van der Waals surface area contributed by atoms with Gasteiger partial charge in [0.15, 0.2) is 0 Å². The van der Waals surface area contributed by atoms with E-state index in [1.54, 1.807) is 6.26 Å². The minimum absolute atomic E-state index is 0.133. The van der Waals surface area contributed by atoms with Gasteiger partial charge in [-0.25, -0.2) is 12.8 Å². The molecule has 0 unspecified atom stereocenters. The molecule has 5 nitrogen and oxygen atoms in total. The number of carboxylic acid groups (broad SMARTS) is 1. The number of hydrogen-bond acceptors (Lipinski definition) is 4. The average Bonchev–Trinajstić information content (AvgIpc) is 2.37. The fraction of sp³-hybridized carbons (Fsp3) is 0.364. The van der Waals surface area contributed by atoms with Gasteiger partial charge in [-0.2, -0.15) is 16.5 Å². The highest BCUT2D eigenvalue weighted by Gasteiger charge is 2.25. The second-order valence-corrected chi connectivity index (χ2v) is 7.42. The quantitative estimate of drug-likeness (QED) is 0.750. The molecule has 20 heavy (non-hydrogen) atoms. The lowest BCUT2D eigenvalue weighted by Gasteiger charge is -2.14. The third-order valence-electron chi connectivity index (χ3n) is 2.41. The minimum atomic E-state index is -4.08. The second kappa shape index (κ2) is 7.39. The van der Waals surface area contributed by atoms with Gasteiger partial charge in [0.1, 0.15) is 11.9 Å². The molecule has 1 rings (SSSR count). The molecular weight excluding hydrogens is 373 g/mol. The van der Waals surface area contributed by atoms with Gasteiger partial charge in [-0.3, -0.25) is 4.79 Å². The van der Waals surface area contributed by atoms with Gasteiger partial charge in [0.05, 0.1) is 9.37 Å². The molecule has 0 saturated carbocycles. The lowest BCUT2D eigenvalue weighted by molar-refractivity contribution is -0.139. The Kier molecular flexibility index (Phi) is 6.44. The van der Waals surface area contributed by atoms with Crippen LogP contribution in [0.1, 0.15) is 6.42 Å². The van der Waals surface area contributed by atoms with E-state index >= 15 is 0 Å². The van der Waals surface area contributed by atoms with Gasteiger partial charge in [0.2, 0.25) is 10.0 Å².